The molecule has 1 saturated heterocycles. The number of amides is 1. The quantitative estimate of drug-likeness (QED) is 0.578. The minimum Gasteiger partial charge on any atom is -0.497 e. The van der Waals surface area contributed by atoms with Crippen LogP contribution >= 0.6 is 34.5 Å². The molecule has 2 heterocycles. The highest BCUT2D eigenvalue weighted by molar-refractivity contribution is 7.89. The van der Waals surface area contributed by atoms with Gasteiger partial charge in [0, 0.05) is 6.54 Å². The van der Waals surface area contributed by atoms with E-state index in [-0.39, 0.29) is 11.4 Å². The molecule has 0 spiro atoms. The first kappa shape index (κ1) is 21.3. The minimum absolute atomic E-state index is 0.113. The van der Waals surface area contributed by atoms with Gasteiger partial charge in [-0.2, -0.15) is 4.31 Å². The molecule has 30 heavy (non-hydrogen) atoms. The molecule has 0 aliphatic carbocycles. The molecule has 1 aliphatic heterocycles. The molecule has 1 aliphatic rings. The zero-order valence-electron chi connectivity index (χ0n) is 15.8. The van der Waals surface area contributed by atoms with Gasteiger partial charge >= 0.3 is 0 Å². The van der Waals surface area contributed by atoms with E-state index in [2.05, 4.69) is 10.3 Å². The molecule has 0 saturated carbocycles. The molecule has 1 amide bonds. The molecule has 4 rings (SSSR count). The van der Waals surface area contributed by atoms with Crippen molar-refractivity contribution in [2.45, 2.75) is 23.8 Å². The first-order chi connectivity index (χ1) is 14.3. The Morgan fingerprint density at radius 1 is 1.20 bits per heavy atom. The van der Waals surface area contributed by atoms with Crippen LogP contribution in [0, 0.1) is 0 Å². The number of nitrogens with one attached hydrogen (secondary N) is 1. The van der Waals surface area contributed by atoms with Crippen LogP contribution < -0.4 is 10.1 Å². The standard InChI is InChI=1S/C19H17Cl2N3O4S2/c1-28-11-4-6-12(7-5-11)30(26,27)24-10-2-3-15(24)18(25)23-19-22-16-13(20)8-9-14(21)17(16)29-19/h4-9,15H,2-3,10H2,1H3,(H,22,23,25). The lowest BCUT2D eigenvalue weighted by molar-refractivity contribution is -0.119. The lowest BCUT2D eigenvalue weighted by Gasteiger charge is -2.23. The van der Waals surface area contributed by atoms with E-state index in [4.69, 9.17) is 27.9 Å². The van der Waals surface area contributed by atoms with E-state index >= 15 is 0 Å². The summed E-state index contributed by atoms with van der Waals surface area (Å²) in [4.78, 5) is 17.4. The Hall–Kier alpha value is -1.91. The van der Waals surface area contributed by atoms with Crippen molar-refractivity contribution in [2.24, 2.45) is 0 Å². The average Bonchev–Trinajstić information content (AvgIpc) is 3.39. The van der Waals surface area contributed by atoms with E-state index < -0.39 is 22.0 Å². The fourth-order valence-corrected chi connectivity index (χ4v) is 6.44. The molecule has 1 atom stereocenters. The Morgan fingerprint density at radius 2 is 1.90 bits per heavy atom. The van der Waals surface area contributed by atoms with Gasteiger partial charge in [0.15, 0.2) is 5.13 Å². The predicted molar refractivity (Wildman–Crippen MR) is 118 cm³/mol. The molecule has 1 N–H and O–H groups in total. The van der Waals surface area contributed by atoms with Gasteiger partial charge in [0.1, 0.15) is 17.3 Å². The SMILES string of the molecule is COc1ccc(S(=O)(=O)N2CCCC2C(=O)Nc2nc3c(Cl)ccc(Cl)c3s2)cc1. The molecular formula is C19H17Cl2N3O4S2. The van der Waals surface area contributed by atoms with Gasteiger partial charge < -0.3 is 10.1 Å². The van der Waals surface area contributed by atoms with Crippen LogP contribution in [0.25, 0.3) is 10.2 Å². The summed E-state index contributed by atoms with van der Waals surface area (Å²) in [7, 11) is -2.32. The summed E-state index contributed by atoms with van der Waals surface area (Å²) in [5, 5.41) is 3.95. The number of benzene rings is 2. The number of carbonyl (C=O) groups is 1. The summed E-state index contributed by atoms with van der Waals surface area (Å²) in [6, 6.07) is 8.57. The first-order valence-electron chi connectivity index (χ1n) is 9.02. The van der Waals surface area contributed by atoms with Crippen molar-refractivity contribution in [3.63, 3.8) is 0 Å². The predicted octanol–water partition coefficient (Wildman–Crippen LogP) is 4.40. The van der Waals surface area contributed by atoms with E-state index in [1.807, 2.05) is 0 Å². The molecule has 1 unspecified atom stereocenters. The maximum Gasteiger partial charge on any atom is 0.244 e. The van der Waals surface area contributed by atoms with Crippen molar-refractivity contribution >= 4 is 65.8 Å². The van der Waals surface area contributed by atoms with Gasteiger partial charge in [0.05, 0.1) is 26.8 Å². The van der Waals surface area contributed by atoms with E-state index in [9.17, 15) is 13.2 Å². The van der Waals surface area contributed by atoms with E-state index in [1.165, 1.54) is 34.9 Å². The number of halogens is 2. The number of thiazole rings is 1. The van der Waals surface area contributed by atoms with Crippen LogP contribution in [-0.4, -0.2) is 43.3 Å². The zero-order valence-corrected chi connectivity index (χ0v) is 18.9. The maximum absolute atomic E-state index is 13.1. The molecule has 158 valence electrons. The van der Waals surface area contributed by atoms with Crippen molar-refractivity contribution in [1.29, 1.82) is 0 Å². The number of fused-ring (bicyclic) bond motifs is 1. The van der Waals surface area contributed by atoms with E-state index in [0.717, 1.165) is 0 Å². The number of hydrogen-bond acceptors (Lipinski definition) is 6. The highest BCUT2D eigenvalue weighted by Gasteiger charge is 2.39. The number of ether oxygens (including phenoxy) is 1. The Labute approximate surface area is 187 Å². The van der Waals surface area contributed by atoms with Crippen LogP contribution in [0.4, 0.5) is 5.13 Å². The summed E-state index contributed by atoms with van der Waals surface area (Å²) >= 11 is 13.5. The normalized spacial score (nSPS) is 17.4. The highest BCUT2D eigenvalue weighted by Crippen LogP contribution is 2.36. The van der Waals surface area contributed by atoms with Crippen molar-refractivity contribution < 1.29 is 17.9 Å². The average molecular weight is 486 g/mol. The van der Waals surface area contributed by atoms with Crippen molar-refractivity contribution in [3.8, 4) is 5.75 Å². The third kappa shape index (κ3) is 3.88. The number of sulfonamides is 1. The van der Waals surface area contributed by atoms with Gasteiger partial charge in [-0.3, -0.25) is 4.79 Å². The molecule has 2 aromatic carbocycles. The Balaban J connectivity index is 1.57. The van der Waals surface area contributed by atoms with Gasteiger partial charge in [-0.05, 0) is 49.2 Å². The summed E-state index contributed by atoms with van der Waals surface area (Å²) in [5.41, 5.74) is 0.499. The third-order valence-corrected chi connectivity index (χ3v) is 8.51. The molecule has 1 aromatic heterocycles. The number of anilines is 1. The van der Waals surface area contributed by atoms with Crippen molar-refractivity contribution in [1.82, 2.24) is 9.29 Å². The number of methoxy groups -OCH3 is 1. The van der Waals surface area contributed by atoms with Crippen LogP contribution in [0.5, 0.6) is 5.75 Å². The van der Waals surface area contributed by atoms with Crippen LogP contribution in [0.3, 0.4) is 0 Å². The zero-order chi connectivity index (χ0) is 21.5. The lowest BCUT2D eigenvalue weighted by atomic mass is 10.2. The maximum atomic E-state index is 13.1. The fourth-order valence-electron chi connectivity index (χ4n) is 3.36. The van der Waals surface area contributed by atoms with Crippen LogP contribution in [-0.2, 0) is 14.8 Å². The van der Waals surface area contributed by atoms with Gasteiger partial charge in [0.25, 0.3) is 0 Å². The van der Waals surface area contributed by atoms with Gasteiger partial charge in [-0.15, -0.1) is 0 Å². The largest absolute Gasteiger partial charge is 0.497 e. The highest BCUT2D eigenvalue weighted by atomic mass is 35.5. The molecule has 0 radical (unpaired) electrons. The van der Waals surface area contributed by atoms with Gasteiger partial charge in [-0.25, -0.2) is 13.4 Å². The number of hydrogen-bond donors (Lipinski definition) is 1. The molecular weight excluding hydrogens is 469 g/mol. The molecule has 3 aromatic rings. The monoisotopic (exact) mass is 485 g/mol. The molecule has 0 bridgehead atoms. The number of carbonyl (C=O) groups excluding carboxylic acids is 1. The molecule has 11 heteroatoms. The third-order valence-electron chi connectivity index (χ3n) is 4.85. The van der Waals surface area contributed by atoms with Crippen LogP contribution in [0.2, 0.25) is 10.0 Å². The second kappa shape index (κ2) is 8.32. The molecule has 1 fully saturated rings. The van der Waals surface area contributed by atoms with Gasteiger partial charge in [-0.1, -0.05) is 34.5 Å². The first-order valence-corrected chi connectivity index (χ1v) is 12.0. The van der Waals surface area contributed by atoms with Crippen molar-refractivity contribution in [3.05, 3.63) is 46.4 Å². The summed E-state index contributed by atoms with van der Waals surface area (Å²) in [5.74, 6) is 0.119. The smallest absolute Gasteiger partial charge is 0.244 e. The number of rotatable bonds is 5. The number of nitrogens with zero attached hydrogens (tertiary/aromatic N) is 2. The van der Waals surface area contributed by atoms with E-state index in [0.29, 0.717) is 44.0 Å². The summed E-state index contributed by atoms with van der Waals surface area (Å²) < 4.78 is 33.1. The molecule has 7 nitrogen and oxygen atoms in total. The topological polar surface area (TPSA) is 88.6 Å². The lowest BCUT2D eigenvalue weighted by Crippen LogP contribution is -2.43. The number of aromatic nitrogens is 1. The van der Waals surface area contributed by atoms with Crippen LogP contribution in [0.1, 0.15) is 12.8 Å². The van der Waals surface area contributed by atoms with Gasteiger partial charge in [0.2, 0.25) is 15.9 Å². The van der Waals surface area contributed by atoms with E-state index in [1.54, 1.807) is 24.3 Å². The van der Waals surface area contributed by atoms with Crippen molar-refractivity contribution in [2.75, 3.05) is 19.0 Å². The second-order valence-electron chi connectivity index (χ2n) is 6.66. The summed E-state index contributed by atoms with van der Waals surface area (Å²) in [6.07, 6.45) is 1.01. The Bertz CT molecular complexity index is 1170. The van der Waals surface area contributed by atoms with Crippen LogP contribution in [0.15, 0.2) is 41.3 Å². The second-order valence-corrected chi connectivity index (χ2v) is 10.4. The minimum atomic E-state index is -3.83. The fraction of sp³-hybridized carbons (Fsp3) is 0.263. The summed E-state index contributed by atoms with van der Waals surface area (Å²) in [6.45, 7) is 0.268. The Morgan fingerprint density at radius 3 is 2.57 bits per heavy atom. The Kier molecular flexibility index (Phi) is 5.91.